The molecule has 2 aromatic rings. The van der Waals surface area contributed by atoms with Crippen LogP contribution in [-0.4, -0.2) is 29.7 Å². The summed E-state index contributed by atoms with van der Waals surface area (Å²) in [6, 6.07) is 5.24. The molecule has 0 aliphatic rings. The molecule has 2 rings (SSSR count). The van der Waals surface area contributed by atoms with Crippen LogP contribution in [0.2, 0.25) is 0 Å². The van der Waals surface area contributed by atoms with Gasteiger partial charge in [0.2, 0.25) is 5.88 Å². The van der Waals surface area contributed by atoms with Crippen molar-refractivity contribution in [3.8, 4) is 5.88 Å². The summed E-state index contributed by atoms with van der Waals surface area (Å²) in [6.45, 7) is 0. The number of alkyl halides is 3. The topological polar surface area (TPSA) is 85.6 Å². The van der Waals surface area contributed by atoms with E-state index >= 15 is 0 Å². The SMILES string of the molecule is O=C(O)n1c(OS(=O)(=O)C(F)(F)F)cc2cc(I)ccc21. The third-order valence-corrected chi connectivity index (χ3v) is 4.03. The minimum Gasteiger partial charge on any atom is -0.464 e. The highest BCUT2D eigenvalue weighted by Crippen LogP contribution is 2.31. The van der Waals surface area contributed by atoms with Crippen LogP contribution < -0.4 is 4.18 Å². The van der Waals surface area contributed by atoms with E-state index in [2.05, 4.69) is 4.18 Å². The summed E-state index contributed by atoms with van der Waals surface area (Å²) in [5.41, 5.74) is -5.64. The van der Waals surface area contributed by atoms with Gasteiger partial charge in [-0.1, -0.05) is 0 Å². The van der Waals surface area contributed by atoms with Crippen LogP contribution in [0.15, 0.2) is 24.3 Å². The molecule has 1 aromatic carbocycles. The van der Waals surface area contributed by atoms with Crippen LogP contribution in [0.5, 0.6) is 5.88 Å². The number of hydrogen-bond donors (Lipinski definition) is 1. The van der Waals surface area contributed by atoms with Gasteiger partial charge in [0.15, 0.2) is 0 Å². The summed E-state index contributed by atoms with van der Waals surface area (Å²) in [4.78, 5) is 11.1. The van der Waals surface area contributed by atoms with Gasteiger partial charge in [0.25, 0.3) is 0 Å². The zero-order valence-electron chi connectivity index (χ0n) is 9.76. The second-order valence-electron chi connectivity index (χ2n) is 3.79. The van der Waals surface area contributed by atoms with Crippen LogP contribution in [0.3, 0.4) is 0 Å². The van der Waals surface area contributed by atoms with Gasteiger partial charge in [0.05, 0.1) is 5.52 Å². The number of hydrogen-bond acceptors (Lipinski definition) is 4. The van der Waals surface area contributed by atoms with Crippen molar-refractivity contribution in [3.05, 3.63) is 27.8 Å². The summed E-state index contributed by atoms with van der Waals surface area (Å²) >= 11 is 1.91. The summed E-state index contributed by atoms with van der Waals surface area (Å²) in [7, 11) is -5.95. The first-order valence-electron chi connectivity index (χ1n) is 5.08. The van der Waals surface area contributed by atoms with E-state index in [0.717, 1.165) is 6.07 Å². The first kappa shape index (κ1) is 15.9. The molecule has 0 unspecified atom stereocenters. The van der Waals surface area contributed by atoms with Gasteiger partial charge in [0, 0.05) is 15.0 Å². The first-order chi connectivity index (χ1) is 9.53. The number of halogens is 4. The molecule has 1 heterocycles. The largest absolute Gasteiger partial charge is 0.534 e. The van der Waals surface area contributed by atoms with E-state index < -0.39 is 27.6 Å². The van der Waals surface area contributed by atoms with Crippen LogP contribution >= 0.6 is 22.6 Å². The van der Waals surface area contributed by atoms with Gasteiger partial charge in [-0.2, -0.15) is 21.6 Å². The van der Waals surface area contributed by atoms with Crippen LogP contribution in [0, 0.1) is 3.57 Å². The molecule has 0 saturated heterocycles. The number of rotatable bonds is 2. The highest BCUT2D eigenvalue weighted by atomic mass is 127. The molecular weight excluding hydrogens is 430 g/mol. The van der Waals surface area contributed by atoms with Crippen LogP contribution in [0.4, 0.5) is 18.0 Å². The maximum atomic E-state index is 12.3. The summed E-state index contributed by atoms with van der Waals surface area (Å²) < 4.78 is 63.8. The van der Waals surface area contributed by atoms with E-state index in [0.29, 0.717) is 8.14 Å². The van der Waals surface area contributed by atoms with Crippen molar-refractivity contribution in [2.45, 2.75) is 5.51 Å². The van der Waals surface area contributed by atoms with E-state index in [1.165, 1.54) is 18.2 Å². The maximum Gasteiger partial charge on any atom is 0.534 e. The molecule has 0 aliphatic heterocycles. The number of carboxylic acid groups (broad SMARTS) is 1. The zero-order valence-corrected chi connectivity index (χ0v) is 12.7. The normalized spacial score (nSPS) is 12.6. The van der Waals surface area contributed by atoms with Crippen molar-refractivity contribution >= 4 is 49.7 Å². The van der Waals surface area contributed by atoms with Gasteiger partial charge >= 0.3 is 21.7 Å². The maximum absolute atomic E-state index is 12.3. The number of benzene rings is 1. The Hall–Kier alpha value is -1.50. The lowest BCUT2D eigenvalue weighted by atomic mass is 10.2. The second kappa shape index (κ2) is 5.05. The Bertz CT molecular complexity index is 827. The number of fused-ring (bicyclic) bond motifs is 1. The first-order valence-corrected chi connectivity index (χ1v) is 7.57. The molecule has 21 heavy (non-hydrogen) atoms. The van der Waals surface area contributed by atoms with Crippen molar-refractivity contribution in [3.63, 3.8) is 0 Å². The molecule has 11 heteroatoms. The van der Waals surface area contributed by atoms with E-state index in [4.69, 9.17) is 5.11 Å². The van der Waals surface area contributed by atoms with E-state index in [1.54, 1.807) is 0 Å². The molecule has 0 atom stereocenters. The lowest BCUT2D eigenvalue weighted by molar-refractivity contribution is -0.0502. The molecule has 0 aliphatic carbocycles. The molecule has 0 spiro atoms. The summed E-state index contributed by atoms with van der Waals surface area (Å²) in [5.74, 6) is -0.947. The molecule has 6 nitrogen and oxygen atoms in total. The fourth-order valence-electron chi connectivity index (χ4n) is 1.58. The highest BCUT2D eigenvalue weighted by Gasteiger charge is 2.49. The number of aromatic nitrogens is 1. The molecule has 0 bridgehead atoms. The number of carbonyl (C=O) groups is 1. The molecule has 1 N–H and O–H groups in total. The van der Waals surface area contributed by atoms with Crippen molar-refractivity contribution in [1.29, 1.82) is 0 Å². The predicted molar refractivity (Wildman–Crippen MR) is 73.7 cm³/mol. The van der Waals surface area contributed by atoms with Crippen LogP contribution in [0.1, 0.15) is 0 Å². The predicted octanol–water partition coefficient (Wildman–Crippen LogP) is 3.00. The Balaban J connectivity index is 2.64. The van der Waals surface area contributed by atoms with E-state index in [1.807, 2.05) is 22.6 Å². The van der Waals surface area contributed by atoms with Gasteiger partial charge in [-0.15, -0.1) is 0 Å². The van der Waals surface area contributed by atoms with Crippen LogP contribution in [0.25, 0.3) is 10.9 Å². The van der Waals surface area contributed by atoms with E-state index in [9.17, 15) is 26.4 Å². The molecule has 114 valence electrons. The Labute approximate surface area is 129 Å². The quantitative estimate of drug-likeness (QED) is 0.446. The lowest BCUT2D eigenvalue weighted by Crippen LogP contribution is -2.29. The third kappa shape index (κ3) is 2.92. The van der Waals surface area contributed by atoms with Gasteiger partial charge in [-0.25, -0.2) is 9.36 Å². The molecule has 1 aromatic heterocycles. The minimum atomic E-state index is -5.95. The highest BCUT2D eigenvalue weighted by molar-refractivity contribution is 14.1. The average Bonchev–Trinajstić information content (AvgIpc) is 2.63. The third-order valence-electron chi connectivity index (χ3n) is 2.40. The number of nitrogens with zero attached hydrogens (tertiary/aromatic N) is 1. The lowest BCUT2D eigenvalue weighted by Gasteiger charge is -2.09. The fraction of sp³-hybridized carbons (Fsp3) is 0.100. The molecule has 0 fully saturated rings. The smallest absolute Gasteiger partial charge is 0.464 e. The van der Waals surface area contributed by atoms with Gasteiger partial charge < -0.3 is 9.29 Å². The molecular formula is C10H5F3INO5S. The summed E-state index contributed by atoms with van der Waals surface area (Å²) in [6.07, 6.45) is -1.67. The van der Waals surface area contributed by atoms with Crippen molar-refractivity contribution in [2.75, 3.05) is 0 Å². The zero-order chi connectivity index (χ0) is 16.0. The van der Waals surface area contributed by atoms with Crippen molar-refractivity contribution in [1.82, 2.24) is 4.57 Å². The monoisotopic (exact) mass is 435 g/mol. The molecule has 0 amide bonds. The van der Waals surface area contributed by atoms with Crippen molar-refractivity contribution in [2.24, 2.45) is 0 Å². The van der Waals surface area contributed by atoms with Gasteiger partial charge in [-0.3, -0.25) is 0 Å². The van der Waals surface area contributed by atoms with Crippen molar-refractivity contribution < 1.29 is 35.7 Å². The van der Waals surface area contributed by atoms with Crippen LogP contribution in [-0.2, 0) is 10.1 Å². The Morgan fingerprint density at radius 1 is 1.29 bits per heavy atom. The van der Waals surface area contributed by atoms with Gasteiger partial charge in [0.1, 0.15) is 0 Å². The summed E-state index contributed by atoms with van der Waals surface area (Å²) in [5, 5.41) is 9.26. The Kier molecular flexibility index (Phi) is 3.82. The Morgan fingerprint density at radius 2 is 1.90 bits per heavy atom. The second-order valence-corrected chi connectivity index (χ2v) is 6.57. The molecule has 0 radical (unpaired) electrons. The minimum absolute atomic E-state index is 0.00953. The van der Waals surface area contributed by atoms with E-state index in [-0.39, 0.29) is 10.9 Å². The van der Waals surface area contributed by atoms with Gasteiger partial charge in [-0.05, 0) is 40.8 Å². The fourth-order valence-corrected chi connectivity index (χ4v) is 2.54. The Morgan fingerprint density at radius 3 is 2.43 bits per heavy atom. The standard InChI is InChI=1S/C10H5F3INO5S/c11-10(12,13)21(18,19)20-8-4-5-3-6(14)1-2-7(5)15(8)9(16)17/h1-4H,(H,16,17). The molecule has 0 saturated carbocycles. The average molecular weight is 435 g/mol.